The summed E-state index contributed by atoms with van der Waals surface area (Å²) >= 11 is 0. The molecule has 0 atom stereocenters. The van der Waals surface area contributed by atoms with Gasteiger partial charge in [-0.3, -0.25) is 0 Å². The standard InChI is InChI=1S/Li.Mg.Na.H4O4Si.4H/c;;;1-5(2,3)4;;;;/h;;;1-4H;;;;. The molecule has 0 bridgehead atoms. The Hall–Kier alpha value is 2.42. The van der Waals surface area contributed by atoms with Crippen molar-refractivity contribution in [3.05, 3.63) is 0 Å². The average molecular weight is 154 g/mol. The number of rotatable bonds is 0. The molecule has 0 spiro atoms. The van der Waals surface area contributed by atoms with E-state index in [9.17, 15) is 0 Å². The molecule has 0 saturated heterocycles. The molecule has 0 saturated carbocycles. The van der Waals surface area contributed by atoms with E-state index >= 15 is 0 Å². The molecule has 0 aliphatic carbocycles. The molecule has 4 nitrogen and oxygen atoms in total. The van der Waals surface area contributed by atoms with Gasteiger partial charge in [0.25, 0.3) is 0 Å². The molecule has 0 aromatic carbocycles. The van der Waals surface area contributed by atoms with Crippen molar-refractivity contribution in [3.63, 3.8) is 0 Å². The summed E-state index contributed by atoms with van der Waals surface area (Å²) in [7, 11) is -4.61. The second-order valence-electron chi connectivity index (χ2n) is 0.600. The van der Waals surface area contributed by atoms with E-state index in [2.05, 4.69) is 0 Å². The number of hydrogen-bond donors (Lipinski definition) is 4. The Morgan fingerprint density at radius 3 is 0.875 bits per heavy atom. The summed E-state index contributed by atoms with van der Waals surface area (Å²) in [6.07, 6.45) is 0. The van der Waals surface area contributed by atoms with Crippen molar-refractivity contribution in [1.82, 2.24) is 0 Å². The van der Waals surface area contributed by atoms with Gasteiger partial charge in [0.2, 0.25) is 0 Å². The van der Waals surface area contributed by atoms with Crippen LogP contribution in [0.3, 0.4) is 0 Å². The zero-order valence-electron chi connectivity index (χ0n) is 2.29. The maximum atomic E-state index is 7.33. The quantitative estimate of drug-likeness (QED) is 0.264. The second-order valence-corrected chi connectivity index (χ2v) is 1.80. The van der Waals surface area contributed by atoms with Crippen molar-refractivity contribution in [2.45, 2.75) is 0 Å². The van der Waals surface area contributed by atoms with E-state index in [-0.39, 0.29) is 71.5 Å². The number of hydrogen-bond acceptors (Lipinski definition) is 4. The Bertz CT molecular complexity index is 31.5. The first-order chi connectivity index (χ1) is 2.00. The first kappa shape index (κ1) is 22.4. The zero-order chi connectivity index (χ0) is 4.50. The average Bonchev–Trinajstić information content (AvgIpc) is 0.722. The molecule has 0 radical (unpaired) electrons. The summed E-state index contributed by atoms with van der Waals surface area (Å²) in [6, 6.07) is 0. The molecule has 8 heavy (non-hydrogen) atoms. The third kappa shape index (κ3) is 79.1. The van der Waals surface area contributed by atoms with Gasteiger partial charge in [-0.1, -0.05) is 0 Å². The first-order valence-corrected chi connectivity index (χ1v) is 2.68. The van der Waals surface area contributed by atoms with Gasteiger partial charge in [0.15, 0.2) is 0 Å². The van der Waals surface area contributed by atoms with Crippen molar-refractivity contribution in [2.24, 2.45) is 0 Å². The molecule has 0 heterocycles. The molecular formula is H8LiMgNaO4Si. The van der Waals surface area contributed by atoms with Gasteiger partial charge in [-0.15, -0.1) is 0 Å². The van der Waals surface area contributed by atoms with Crippen LogP contribution >= 0.6 is 0 Å². The fourth-order valence-electron chi connectivity index (χ4n) is 0. The predicted molar refractivity (Wildman–Crippen MR) is 37.5 cm³/mol. The third-order valence-corrected chi connectivity index (χ3v) is 0. The van der Waals surface area contributed by atoms with Gasteiger partial charge in [0, 0.05) is 0 Å². The van der Waals surface area contributed by atoms with Crippen LogP contribution in [-0.4, -0.2) is 99.7 Å². The molecule has 0 aromatic heterocycles. The third-order valence-electron chi connectivity index (χ3n) is 0. The van der Waals surface area contributed by atoms with Crippen LogP contribution in [0.2, 0.25) is 0 Å². The molecular weight excluding hydrogens is 146 g/mol. The van der Waals surface area contributed by atoms with Gasteiger partial charge in [-0.25, -0.2) is 0 Å². The van der Waals surface area contributed by atoms with Crippen molar-refractivity contribution in [2.75, 3.05) is 0 Å². The minimum absolute atomic E-state index is 0. The second kappa shape index (κ2) is 9.42. The predicted octanol–water partition coefficient (Wildman–Crippen LogP) is -4.82. The fourth-order valence-corrected chi connectivity index (χ4v) is 0. The van der Waals surface area contributed by atoms with Crippen LogP contribution in [-0.2, 0) is 0 Å². The van der Waals surface area contributed by atoms with Gasteiger partial charge in [0.1, 0.15) is 0 Å². The van der Waals surface area contributed by atoms with E-state index in [4.69, 9.17) is 19.2 Å². The van der Waals surface area contributed by atoms with Crippen LogP contribution < -0.4 is 0 Å². The monoisotopic (exact) mass is 154 g/mol. The van der Waals surface area contributed by atoms with Gasteiger partial charge >= 0.3 is 80.5 Å². The van der Waals surface area contributed by atoms with E-state index in [0.717, 1.165) is 0 Å². The Morgan fingerprint density at radius 2 is 0.875 bits per heavy atom. The normalized spacial score (nSPS) is 7.50. The molecule has 0 amide bonds. The molecule has 0 aliphatic rings. The van der Waals surface area contributed by atoms with Crippen LogP contribution in [0.25, 0.3) is 0 Å². The maximum absolute atomic E-state index is 7.33. The minimum atomic E-state index is -4.61. The zero-order valence-corrected chi connectivity index (χ0v) is 3.29. The van der Waals surface area contributed by atoms with Crippen LogP contribution in [0.4, 0.5) is 0 Å². The van der Waals surface area contributed by atoms with Crippen LogP contribution in [0, 0.1) is 0 Å². The molecule has 40 valence electrons. The Kier molecular flexibility index (Phi) is 26.4. The van der Waals surface area contributed by atoms with Crippen LogP contribution in [0.1, 0.15) is 0 Å². The Balaban J connectivity index is -0.0000000267. The summed E-state index contributed by atoms with van der Waals surface area (Å²) in [5.74, 6) is 0. The van der Waals surface area contributed by atoms with Gasteiger partial charge < -0.3 is 19.2 Å². The summed E-state index contributed by atoms with van der Waals surface area (Å²) in [6.45, 7) is 0. The van der Waals surface area contributed by atoms with Crippen molar-refractivity contribution in [1.29, 1.82) is 0 Å². The van der Waals surface area contributed by atoms with E-state index in [1.54, 1.807) is 0 Å². The van der Waals surface area contributed by atoms with Crippen molar-refractivity contribution in [3.8, 4) is 0 Å². The Morgan fingerprint density at radius 1 is 0.875 bits per heavy atom. The molecule has 8 heteroatoms. The SMILES string of the molecule is O[Si](O)(O)O.[LiH].[MgH2].[NaH]. The van der Waals surface area contributed by atoms with Crippen molar-refractivity contribution >= 4 is 80.5 Å². The van der Waals surface area contributed by atoms with Gasteiger partial charge in [-0.05, 0) is 0 Å². The summed E-state index contributed by atoms with van der Waals surface area (Å²) in [5, 5.41) is 0. The molecule has 4 N–H and O–H groups in total. The van der Waals surface area contributed by atoms with Gasteiger partial charge in [-0.2, -0.15) is 0 Å². The van der Waals surface area contributed by atoms with Crippen molar-refractivity contribution < 1.29 is 19.2 Å². The summed E-state index contributed by atoms with van der Waals surface area (Å²) in [5.41, 5.74) is 0. The summed E-state index contributed by atoms with van der Waals surface area (Å²) < 4.78 is 0. The molecule has 0 fully saturated rings. The first-order valence-electron chi connectivity index (χ1n) is 0.894. The van der Waals surface area contributed by atoms with E-state index in [1.165, 1.54) is 0 Å². The fraction of sp³-hybridized carbons (Fsp3) is 0. The molecule has 0 rings (SSSR count). The van der Waals surface area contributed by atoms with Crippen LogP contribution in [0.5, 0.6) is 0 Å². The molecule has 0 aromatic rings. The van der Waals surface area contributed by atoms with Gasteiger partial charge in [0.05, 0.1) is 0 Å². The molecule has 0 unspecified atom stereocenters. The Labute approximate surface area is 98.4 Å². The summed E-state index contributed by atoms with van der Waals surface area (Å²) in [4.78, 5) is 29.3. The van der Waals surface area contributed by atoms with E-state index in [1.807, 2.05) is 0 Å². The van der Waals surface area contributed by atoms with E-state index < -0.39 is 9.05 Å². The van der Waals surface area contributed by atoms with Crippen LogP contribution in [0.15, 0.2) is 0 Å². The topological polar surface area (TPSA) is 80.9 Å². The van der Waals surface area contributed by atoms with E-state index in [0.29, 0.717) is 0 Å². The molecule has 0 aliphatic heterocycles.